The maximum absolute atomic E-state index is 12.6. The van der Waals surface area contributed by atoms with Crippen molar-refractivity contribution in [1.82, 2.24) is 14.8 Å². The van der Waals surface area contributed by atoms with Gasteiger partial charge in [-0.15, -0.1) is 5.10 Å². The number of halogens is 4. The van der Waals surface area contributed by atoms with Gasteiger partial charge < -0.3 is 4.74 Å². The van der Waals surface area contributed by atoms with Crippen LogP contribution in [0.3, 0.4) is 0 Å². The van der Waals surface area contributed by atoms with E-state index in [1.54, 1.807) is 24.3 Å². The minimum atomic E-state index is -4.58. The Morgan fingerprint density at radius 1 is 1.26 bits per heavy atom. The van der Waals surface area contributed by atoms with E-state index >= 15 is 0 Å². The third-order valence-corrected chi connectivity index (χ3v) is 2.80. The molecule has 1 aromatic heterocycles. The molecule has 0 spiro atoms. The number of aromatic nitrogens is 3. The highest BCUT2D eigenvalue weighted by molar-refractivity contribution is 9.10. The highest BCUT2D eigenvalue weighted by Gasteiger charge is 2.37. The molecule has 2 rings (SSSR count). The van der Waals surface area contributed by atoms with Crippen LogP contribution in [0.1, 0.15) is 11.6 Å². The normalized spacial score (nSPS) is 11.8. The number of methoxy groups -OCH3 is 1. The molecule has 2 aromatic rings. The molecule has 8 heteroatoms. The molecule has 0 saturated carbocycles. The average Bonchev–Trinajstić information content (AvgIpc) is 2.74. The molecule has 0 aliphatic carbocycles. The summed E-state index contributed by atoms with van der Waals surface area (Å²) in [6.07, 6.45) is -4.58. The first-order chi connectivity index (χ1) is 8.91. The Labute approximate surface area is 115 Å². The smallest absolute Gasteiger partial charge is 0.377 e. The molecule has 0 aliphatic heterocycles. The van der Waals surface area contributed by atoms with E-state index in [4.69, 9.17) is 4.74 Å². The van der Waals surface area contributed by atoms with Gasteiger partial charge in [-0.1, -0.05) is 15.9 Å². The number of hydrogen-bond donors (Lipinski definition) is 0. The van der Waals surface area contributed by atoms with Gasteiger partial charge in [-0.25, -0.2) is 9.67 Å². The molecule has 102 valence electrons. The molecule has 1 heterocycles. The van der Waals surface area contributed by atoms with Gasteiger partial charge in [-0.2, -0.15) is 13.2 Å². The molecule has 0 atom stereocenters. The van der Waals surface area contributed by atoms with E-state index in [1.807, 2.05) is 0 Å². The van der Waals surface area contributed by atoms with Gasteiger partial charge in [0.15, 0.2) is 5.82 Å². The summed E-state index contributed by atoms with van der Waals surface area (Å²) in [5.74, 6) is -1.08. The van der Waals surface area contributed by atoms with Gasteiger partial charge in [0, 0.05) is 11.6 Å². The second kappa shape index (κ2) is 5.30. The molecule has 0 unspecified atom stereocenters. The lowest BCUT2D eigenvalue weighted by molar-refractivity contribution is -0.144. The largest absolute Gasteiger partial charge is 0.453 e. The molecular weight excluding hydrogens is 327 g/mol. The van der Waals surface area contributed by atoms with Crippen molar-refractivity contribution >= 4 is 15.9 Å². The summed E-state index contributed by atoms with van der Waals surface area (Å²) < 4.78 is 44.6. The zero-order chi connectivity index (χ0) is 14.0. The van der Waals surface area contributed by atoms with Crippen molar-refractivity contribution in [3.63, 3.8) is 0 Å². The van der Waals surface area contributed by atoms with Crippen molar-refractivity contribution in [3.05, 3.63) is 40.4 Å². The third-order valence-electron chi connectivity index (χ3n) is 2.27. The number of rotatable bonds is 3. The van der Waals surface area contributed by atoms with E-state index in [0.717, 1.165) is 9.15 Å². The zero-order valence-electron chi connectivity index (χ0n) is 9.78. The maximum Gasteiger partial charge on any atom is 0.453 e. The molecule has 0 aliphatic rings. The molecule has 0 amide bonds. The Kier molecular flexibility index (Phi) is 3.91. The molecule has 0 N–H and O–H groups in total. The Balaban J connectivity index is 2.48. The fourth-order valence-electron chi connectivity index (χ4n) is 1.48. The fraction of sp³-hybridized carbons (Fsp3) is 0.273. The third kappa shape index (κ3) is 3.13. The van der Waals surface area contributed by atoms with E-state index in [2.05, 4.69) is 26.0 Å². The first kappa shape index (κ1) is 14.0. The standard InChI is InChI=1S/C11H9BrF3N3O/c1-19-6-9-16-10(11(13,14)15)17-18(9)8-4-2-7(12)3-5-8/h2-5H,6H2,1H3. The van der Waals surface area contributed by atoms with Crippen molar-refractivity contribution in [1.29, 1.82) is 0 Å². The van der Waals surface area contributed by atoms with Gasteiger partial charge in [-0.05, 0) is 24.3 Å². The summed E-state index contributed by atoms with van der Waals surface area (Å²) in [4.78, 5) is 3.46. The maximum atomic E-state index is 12.6. The Bertz CT molecular complexity index is 566. The highest BCUT2D eigenvalue weighted by Crippen LogP contribution is 2.27. The lowest BCUT2D eigenvalue weighted by Crippen LogP contribution is -2.08. The van der Waals surface area contributed by atoms with Crippen molar-refractivity contribution in [2.75, 3.05) is 7.11 Å². The van der Waals surface area contributed by atoms with Crippen LogP contribution >= 0.6 is 15.9 Å². The zero-order valence-corrected chi connectivity index (χ0v) is 11.4. The number of hydrogen-bond acceptors (Lipinski definition) is 3. The number of nitrogens with zero attached hydrogens (tertiary/aromatic N) is 3. The number of ether oxygens (including phenoxy) is 1. The lowest BCUT2D eigenvalue weighted by Gasteiger charge is -2.04. The summed E-state index contributed by atoms with van der Waals surface area (Å²) in [7, 11) is 1.38. The van der Waals surface area contributed by atoms with Crippen LogP contribution < -0.4 is 0 Å². The Morgan fingerprint density at radius 3 is 2.42 bits per heavy atom. The topological polar surface area (TPSA) is 39.9 Å². The van der Waals surface area contributed by atoms with Crippen LogP contribution in [0.5, 0.6) is 0 Å². The van der Waals surface area contributed by atoms with E-state index < -0.39 is 12.0 Å². The fourth-order valence-corrected chi connectivity index (χ4v) is 1.74. The van der Waals surface area contributed by atoms with Crippen LogP contribution in [0, 0.1) is 0 Å². The van der Waals surface area contributed by atoms with Crippen LogP contribution in [0.25, 0.3) is 5.69 Å². The summed E-state index contributed by atoms with van der Waals surface area (Å²) >= 11 is 3.25. The van der Waals surface area contributed by atoms with Crippen molar-refractivity contribution in [3.8, 4) is 5.69 Å². The van der Waals surface area contributed by atoms with Crippen LogP contribution in [0.15, 0.2) is 28.7 Å². The van der Waals surface area contributed by atoms with Crippen molar-refractivity contribution in [2.45, 2.75) is 12.8 Å². The molecular formula is C11H9BrF3N3O. The highest BCUT2D eigenvalue weighted by atomic mass is 79.9. The quantitative estimate of drug-likeness (QED) is 0.864. The summed E-state index contributed by atoms with van der Waals surface area (Å²) in [5, 5.41) is 3.49. The van der Waals surface area contributed by atoms with Crippen molar-refractivity contribution in [2.24, 2.45) is 0 Å². The molecule has 19 heavy (non-hydrogen) atoms. The van der Waals surface area contributed by atoms with Crippen LogP contribution in [0.2, 0.25) is 0 Å². The second-order valence-electron chi connectivity index (χ2n) is 3.67. The summed E-state index contributed by atoms with van der Waals surface area (Å²) in [5.41, 5.74) is 0.484. The molecule has 0 saturated heterocycles. The monoisotopic (exact) mass is 335 g/mol. The van der Waals surface area contributed by atoms with Crippen molar-refractivity contribution < 1.29 is 17.9 Å². The minimum Gasteiger partial charge on any atom is -0.377 e. The van der Waals surface area contributed by atoms with Gasteiger partial charge in [0.25, 0.3) is 5.82 Å². The van der Waals surface area contributed by atoms with Crippen LogP contribution in [-0.2, 0) is 17.5 Å². The van der Waals surface area contributed by atoms with Crippen LogP contribution in [-0.4, -0.2) is 21.9 Å². The van der Waals surface area contributed by atoms with Gasteiger partial charge in [-0.3, -0.25) is 0 Å². The summed E-state index contributed by atoms with van der Waals surface area (Å²) in [6, 6.07) is 6.69. The second-order valence-corrected chi connectivity index (χ2v) is 4.59. The molecule has 0 bridgehead atoms. The van der Waals surface area contributed by atoms with Gasteiger partial charge in [0.05, 0.1) is 5.69 Å². The molecule has 4 nitrogen and oxygen atoms in total. The predicted octanol–water partition coefficient (Wildman–Crippen LogP) is 3.20. The number of benzene rings is 1. The minimum absolute atomic E-state index is 0.0564. The predicted molar refractivity (Wildman–Crippen MR) is 64.8 cm³/mol. The van der Waals surface area contributed by atoms with E-state index in [1.165, 1.54) is 7.11 Å². The number of alkyl halides is 3. The average molecular weight is 336 g/mol. The Morgan fingerprint density at radius 2 is 1.89 bits per heavy atom. The SMILES string of the molecule is COCc1nc(C(F)(F)F)nn1-c1ccc(Br)cc1. The van der Waals surface area contributed by atoms with Gasteiger partial charge >= 0.3 is 6.18 Å². The molecule has 0 fully saturated rings. The van der Waals surface area contributed by atoms with Crippen LogP contribution in [0.4, 0.5) is 13.2 Å². The van der Waals surface area contributed by atoms with E-state index in [9.17, 15) is 13.2 Å². The Hall–Kier alpha value is -1.41. The van der Waals surface area contributed by atoms with Gasteiger partial charge in [0.1, 0.15) is 6.61 Å². The summed E-state index contributed by atoms with van der Waals surface area (Å²) in [6.45, 7) is -0.0564. The van der Waals surface area contributed by atoms with E-state index in [-0.39, 0.29) is 12.4 Å². The molecule has 1 aromatic carbocycles. The first-order valence-electron chi connectivity index (χ1n) is 5.20. The molecule has 0 radical (unpaired) electrons. The van der Waals surface area contributed by atoms with E-state index in [0.29, 0.717) is 5.69 Å². The lowest BCUT2D eigenvalue weighted by atomic mass is 10.3. The van der Waals surface area contributed by atoms with Gasteiger partial charge in [0.2, 0.25) is 0 Å². The first-order valence-corrected chi connectivity index (χ1v) is 5.99.